The number of furan rings is 1. The number of likely N-dealkylation sites (tertiary alicyclic amines) is 1. The summed E-state index contributed by atoms with van der Waals surface area (Å²) in [5, 5.41) is 0. The van der Waals surface area contributed by atoms with Crippen LogP contribution in [0.3, 0.4) is 0 Å². The fraction of sp³-hybridized carbons (Fsp3) is 0.393. The second-order valence-electron chi connectivity index (χ2n) is 9.59. The van der Waals surface area contributed by atoms with Crippen LogP contribution in [0.4, 0.5) is 11.5 Å². The summed E-state index contributed by atoms with van der Waals surface area (Å²) in [7, 11) is 1.68. The summed E-state index contributed by atoms with van der Waals surface area (Å²) in [5.41, 5.74) is 1.14. The van der Waals surface area contributed by atoms with Gasteiger partial charge in [-0.25, -0.2) is 4.98 Å². The molecule has 4 heterocycles. The van der Waals surface area contributed by atoms with Gasteiger partial charge in [0.1, 0.15) is 5.82 Å². The molecule has 8 nitrogen and oxygen atoms in total. The van der Waals surface area contributed by atoms with Gasteiger partial charge in [0.05, 0.1) is 17.5 Å². The van der Waals surface area contributed by atoms with Crippen LogP contribution in [0.25, 0.3) is 0 Å². The van der Waals surface area contributed by atoms with E-state index >= 15 is 0 Å². The molecule has 2 aliphatic heterocycles. The van der Waals surface area contributed by atoms with Crippen LogP contribution in [-0.2, 0) is 0 Å². The predicted octanol–water partition coefficient (Wildman–Crippen LogP) is 3.63. The molecule has 2 aromatic heterocycles. The SMILES string of the molecule is CN(C(=O)c1ccco1)c1ccccc1C(=O)N1CCCC(CN2CCN(c3ccccn3)CC2)C1. The minimum absolute atomic E-state index is 0.0191. The molecule has 2 fully saturated rings. The fourth-order valence-corrected chi connectivity index (χ4v) is 5.26. The van der Waals surface area contributed by atoms with Crippen molar-refractivity contribution in [1.82, 2.24) is 14.8 Å². The Labute approximate surface area is 212 Å². The molecule has 1 aromatic carbocycles. The highest BCUT2D eigenvalue weighted by molar-refractivity contribution is 6.09. The third-order valence-corrected chi connectivity index (χ3v) is 7.20. The number of anilines is 2. The van der Waals surface area contributed by atoms with E-state index < -0.39 is 0 Å². The van der Waals surface area contributed by atoms with Crippen LogP contribution in [-0.4, -0.2) is 79.5 Å². The van der Waals surface area contributed by atoms with E-state index in [1.807, 2.05) is 47.5 Å². The van der Waals surface area contributed by atoms with Crippen molar-refractivity contribution < 1.29 is 14.0 Å². The standard InChI is InChI=1S/C28H33N5O3/c1-30(28(35)25-11-7-19-36-25)24-10-3-2-9-23(24)27(34)33-14-6-8-22(21-33)20-31-15-17-32(18-16-31)26-12-4-5-13-29-26/h2-5,7,9-13,19,22H,6,8,14-18,20-21H2,1H3. The van der Waals surface area contributed by atoms with E-state index in [0.717, 1.165) is 64.5 Å². The van der Waals surface area contributed by atoms with E-state index in [0.29, 0.717) is 17.2 Å². The number of hydrogen-bond donors (Lipinski definition) is 0. The number of rotatable bonds is 6. The maximum atomic E-state index is 13.6. The molecule has 3 aromatic rings. The number of piperidine rings is 1. The summed E-state index contributed by atoms with van der Waals surface area (Å²) in [5.74, 6) is 1.44. The van der Waals surface area contributed by atoms with E-state index in [1.54, 1.807) is 19.2 Å². The summed E-state index contributed by atoms with van der Waals surface area (Å²) in [6.07, 6.45) is 5.44. The number of nitrogens with zero attached hydrogens (tertiary/aromatic N) is 5. The van der Waals surface area contributed by atoms with Crippen molar-refractivity contribution in [2.24, 2.45) is 5.92 Å². The lowest BCUT2D eigenvalue weighted by molar-refractivity contribution is 0.0638. The van der Waals surface area contributed by atoms with Gasteiger partial charge in [0.25, 0.3) is 11.8 Å². The highest BCUT2D eigenvalue weighted by Gasteiger charge is 2.29. The lowest BCUT2D eigenvalue weighted by Gasteiger charge is -2.39. The number of aromatic nitrogens is 1. The Balaban J connectivity index is 1.20. The predicted molar refractivity (Wildman–Crippen MR) is 139 cm³/mol. The first kappa shape index (κ1) is 24.1. The van der Waals surface area contributed by atoms with Crippen LogP contribution < -0.4 is 9.80 Å². The summed E-state index contributed by atoms with van der Waals surface area (Å²) in [6, 6.07) is 16.7. The molecule has 0 spiro atoms. The van der Waals surface area contributed by atoms with Crippen LogP contribution in [0.1, 0.15) is 33.8 Å². The van der Waals surface area contributed by atoms with Crippen LogP contribution in [0, 0.1) is 5.92 Å². The maximum Gasteiger partial charge on any atom is 0.293 e. The van der Waals surface area contributed by atoms with E-state index in [2.05, 4.69) is 20.9 Å². The zero-order chi connectivity index (χ0) is 24.9. The molecule has 0 saturated carbocycles. The number of carbonyl (C=O) groups excluding carboxylic acids is 2. The smallest absolute Gasteiger partial charge is 0.293 e. The van der Waals surface area contributed by atoms with Crippen LogP contribution >= 0.6 is 0 Å². The molecule has 2 aliphatic rings. The first-order valence-electron chi connectivity index (χ1n) is 12.7. The largest absolute Gasteiger partial charge is 0.459 e. The molecule has 0 bridgehead atoms. The van der Waals surface area contributed by atoms with Crippen LogP contribution in [0.2, 0.25) is 0 Å². The Kier molecular flexibility index (Phi) is 7.32. The summed E-state index contributed by atoms with van der Waals surface area (Å²) in [4.78, 5) is 39.2. The zero-order valence-electron chi connectivity index (χ0n) is 20.8. The quantitative estimate of drug-likeness (QED) is 0.529. The molecule has 1 unspecified atom stereocenters. The van der Waals surface area contributed by atoms with E-state index in [1.165, 1.54) is 11.2 Å². The van der Waals surface area contributed by atoms with Crippen LogP contribution in [0.5, 0.6) is 0 Å². The van der Waals surface area contributed by atoms with Crippen molar-refractivity contribution in [3.8, 4) is 0 Å². The lowest BCUT2D eigenvalue weighted by Crippen LogP contribution is -2.50. The first-order chi connectivity index (χ1) is 17.6. The molecule has 2 amide bonds. The molecule has 5 rings (SSSR count). The van der Waals surface area contributed by atoms with Crippen molar-refractivity contribution in [2.45, 2.75) is 12.8 Å². The van der Waals surface area contributed by atoms with Gasteiger partial charge in [0, 0.05) is 59.1 Å². The third kappa shape index (κ3) is 5.28. The number of carbonyl (C=O) groups is 2. The van der Waals surface area contributed by atoms with Gasteiger partial charge in [0.2, 0.25) is 0 Å². The Hall–Kier alpha value is -3.65. The highest BCUT2D eigenvalue weighted by Crippen LogP contribution is 2.26. The Morgan fingerprint density at radius 3 is 2.56 bits per heavy atom. The van der Waals surface area contributed by atoms with E-state index in [9.17, 15) is 9.59 Å². The first-order valence-corrected chi connectivity index (χ1v) is 12.7. The molecular weight excluding hydrogens is 454 g/mol. The molecule has 188 valence electrons. The molecular formula is C28H33N5O3. The van der Waals surface area contributed by atoms with Gasteiger partial charge in [-0.15, -0.1) is 0 Å². The molecule has 0 radical (unpaired) electrons. The normalized spacial score (nSPS) is 18.8. The van der Waals surface area contributed by atoms with Crippen LogP contribution in [0.15, 0.2) is 71.5 Å². The summed E-state index contributed by atoms with van der Waals surface area (Å²) >= 11 is 0. The van der Waals surface area contributed by atoms with E-state index in [4.69, 9.17) is 4.42 Å². The van der Waals surface area contributed by atoms with E-state index in [-0.39, 0.29) is 17.6 Å². The van der Waals surface area contributed by atoms with Gasteiger partial charge in [-0.05, 0) is 55.2 Å². The van der Waals surface area contributed by atoms with Gasteiger partial charge < -0.3 is 19.1 Å². The summed E-state index contributed by atoms with van der Waals surface area (Å²) < 4.78 is 5.27. The average molecular weight is 488 g/mol. The van der Waals surface area contributed by atoms with Crippen molar-refractivity contribution in [3.05, 3.63) is 78.4 Å². The molecule has 1 atom stereocenters. The van der Waals surface area contributed by atoms with Crippen molar-refractivity contribution >= 4 is 23.3 Å². The molecule has 0 aliphatic carbocycles. The number of benzene rings is 1. The number of amides is 2. The van der Waals surface area contributed by atoms with Crippen molar-refractivity contribution in [3.63, 3.8) is 0 Å². The minimum Gasteiger partial charge on any atom is -0.459 e. The molecule has 2 saturated heterocycles. The monoisotopic (exact) mass is 487 g/mol. The molecule has 0 N–H and O–H groups in total. The number of para-hydroxylation sites is 1. The number of hydrogen-bond acceptors (Lipinski definition) is 6. The van der Waals surface area contributed by atoms with Gasteiger partial charge in [-0.2, -0.15) is 0 Å². The maximum absolute atomic E-state index is 13.6. The highest BCUT2D eigenvalue weighted by atomic mass is 16.3. The van der Waals surface area contributed by atoms with Gasteiger partial charge in [-0.3, -0.25) is 14.5 Å². The Bertz CT molecular complexity index is 1160. The second kappa shape index (κ2) is 11.0. The average Bonchev–Trinajstić information content (AvgIpc) is 3.48. The summed E-state index contributed by atoms with van der Waals surface area (Å²) in [6.45, 7) is 6.42. The Morgan fingerprint density at radius 1 is 1.00 bits per heavy atom. The lowest BCUT2D eigenvalue weighted by atomic mass is 9.96. The third-order valence-electron chi connectivity index (χ3n) is 7.20. The van der Waals surface area contributed by atoms with Gasteiger partial charge in [0.15, 0.2) is 5.76 Å². The molecule has 8 heteroatoms. The number of piperazine rings is 1. The minimum atomic E-state index is -0.276. The van der Waals surface area contributed by atoms with Crippen molar-refractivity contribution in [2.75, 3.05) is 62.7 Å². The Morgan fingerprint density at radius 2 is 1.81 bits per heavy atom. The second-order valence-corrected chi connectivity index (χ2v) is 9.59. The van der Waals surface area contributed by atoms with Gasteiger partial charge >= 0.3 is 0 Å². The molecule has 36 heavy (non-hydrogen) atoms. The van der Waals surface area contributed by atoms with Gasteiger partial charge in [-0.1, -0.05) is 18.2 Å². The topological polar surface area (TPSA) is 73.1 Å². The number of pyridine rings is 1. The fourth-order valence-electron chi connectivity index (χ4n) is 5.26. The zero-order valence-corrected chi connectivity index (χ0v) is 20.8. The van der Waals surface area contributed by atoms with Crippen molar-refractivity contribution in [1.29, 1.82) is 0 Å².